The molecule has 1 aromatic rings. The summed E-state index contributed by atoms with van der Waals surface area (Å²) in [5.41, 5.74) is 0.921. The van der Waals surface area contributed by atoms with Crippen LogP contribution in [0.2, 0.25) is 0 Å². The predicted octanol–water partition coefficient (Wildman–Crippen LogP) is 4.37. The number of halogens is 1. The van der Waals surface area contributed by atoms with Crippen molar-refractivity contribution in [3.05, 3.63) is 35.6 Å². The summed E-state index contributed by atoms with van der Waals surface area (Å²) in [4.78, 5) is 0. The highest BCUT2D eigenvalue weighted by Gasteiger charge is 2.37. The van der Waals surface area contributed by atoms with Gasteiger partial charge in [0.25, 0.3) is 0 Å². The van der Waals surface area contributed by atoms with Crippen LogP contribution in [0, 0.1) is 11.7 Å². The summed E-state index contributed by atoms with van der Waals surface area (Å²) < 4.78 is 13.2. The molecule has 1 heteroatoms. The Morgan fingerprint density at radius 3 is 2.43 bits per heavy atom. The minimum absolute atomic E-state index is 0.0292. The van der Waals surface area contributed by atoms with Crippen LogP contribution in [0.1, 0.15) is 45.1 Å². The molecular formula is C13H19F. The van der Waals surface area contributed by atoms with Crippen molar-refractivity contribution in [3.63, 3.8) is 0 Å². The minimum atomic E-state index is -0.0292. The summed E-state index contributed by atoms with van der Waals surface area (Å²) in [5.74, 6) is 1.22. The van der Waals surface area contributed by atoms with E-state index in [1.165, 1.54) is 12.8 Å². The fourth-order valence-electron chi connectivity index (χ4n) is 1.86. The summed E-state index contributed by atoms with van der Waals surface area (Å²) in [5, 5.41) is 0. The van der Waals surface area contributed by atoms with Crippen LogP contribution in [-0.2, 0) is 0 Å². The van der Waals surface area contributed by atoms with Gasteiger partial charge >= 0.3 is 0 Å². The summed E-state index contributed by atoms with van der Waals surface area (Å²) in [6.07, 6.45) is 2.36. The van der Waals surface area contributed by atoms with E-state index in [-0.39, 0.29) is 5.82 Å². The highest BCUT2D eigenvalue weighted by Crippen LogP contribution is 2.49. The van der Waals surface area contributed by atoms with Gasteiger partial charge in [0, 0.05) is 0 Å². The van der Waals surface area contributed by atoms with Gasteiger partial charge in [-0.1, -0.05) is 45.4 Å². The van der Waals surface area contributed by atoms with Gasteiger partial charge in [-0.3, -0.25) is 0 Å². The van der Waals surface area contributed by atoms with Gasteiger partial charge in [0.05, 0.1) is 0 Å². The van der Waals surface area contributed by atoms with E-state index in [9.17, 15) is 4.39 Å². The SMILES string of the molecule is CC.CCC1CC1c1ccccc1F. The van der Waals surface area contributed by atoms with Crippen molar-refractivity contribution in [2.75, 3.05) is 0 Å². The van der Waals surface area contributed by atoms with Crippen LogP contribution in [0.15, 0.2) is 24.3 Å². The third-order valence-corrected chi connectivity index (χ3v) is 2.75. The van der Waals surface area contributed by atoms with E-state index in [0.717, 1.165) is 11.5 Å². The van der Waals surface area contributed by atoms with Gasteiger partial charge in [-0.15, -0.1) is 0 Å². The molecule has 0 aromatic heterocycles. The Kier molecular flexibility index (Phi) is 4.12. The van der Waals surface area contributed by atoms with Crippen LogP contribution < -0.4 is 0 Å². The average Bonchev–Trinajstić information content (AvgIpc) is 3.01. The van der Waals surface area contributed by atoms with Gasteiger partial charge in [-0.05, 0) is 29.9 Å². The Morgan fingerprint density at radius 1 is 1.29 bits per heavy atom. The van der Waals surface area contributed by atoms with Crippen LogP contribution in [0.25, 0.3) is 0 Å². The fraction of sp³-hybridized carbons (Fsp3) is 0.538. The van der Waals surface area contributed by atoms with E-state index >= 15 is 0 Å². The Hall–Kier alpha value is -0.850. The Labute approximate surface area is 86.2 Å². The largest absolute Gasteiger partial charge is 0.207 e. The second-order valence-corrected chi connectivity index (χ2v) is 3.53. The second-order valence-electron chi connectivity index (χ2n) is 3.53. The summed E-state index contributed by atoms with van der Waals surface area (Å²) >= 11 is 0. The molecule has 0 amide bonds. The zero-order valence-corrected chi connectivity index (χ0v) is 9.26. The lowest BCUT2D eigenvalue weighted by Gasteiger charge is -1.99. The van der Waals surface area contributed by atoms with Crippen molar-refractivity contribution in [1.29, 1.82) is 0 Å². The average molecular weight is 194 g/mol. The van der Waals surface area contributed by atoms with E-state index in [1.807, 2.05) is 26.0 Å². The molecular weight excluding hydrogens is 175 g/mol. The molecule has 0 radical (unpaired) electrons. The standard InChI is InChI=1S/C11H13F.C2H6/c1-2-8-7-10(8)9-5-3-4-6-11(9)12;1-2/h3-6,8,10H,2,7H2,1H3;1-2H3. The molecule has 1 aliphatic carbocycles. The molecule has 0 bridgehead atoms. The molecule has 2 atom stereocenters. The van der Waals surface area contributed by atoms with E-state index in [1.54, 1.807) is 12.1 Å². The first-order valence-electron chi connectivity index (χ1n) is 5.57. The smallest absolute Gasteiger partial charge is 0.126 e. The van der Waals surface area contributed by atoms with E-state index < -0.39 is 0 Å². The molecule has 1 saturated carbocycles. The lowest BCUT2D eigenvalue weighted by atomic mass is 10.1. The van der Waals surface area contributed by atoms with Crippen LogP contribution in [0.4, 0.5) is 4.39 Å². The molecule has 0 saturated heterocycles. The molecule has 2 rings (SSSR count). The van der Waals surface area contributed by atoms with Crippen LogP contribution in [0.3, 0.4) is 0 Å². The van der Waals surface area contributed by atoms with Crippen molar-refractivity contribution >= 4 is 0 Å². The summed E-state index contributed by atoms with van der Waals surface area (Å²) in [6.45, 7) is 6.17. The molecule has 0 nitrogen and oxygen atoms in total. The number of hydrogen-bond acceptors (Lipinski definition) is 0. The lowest BCUT2D eigenvalue weighted by molar-refractivity contribution is 0.604. The van der Waals surface area contributed by atoms with Crippen molar-refractivity contribution in [1.82, 2.24) is 0 Å². The molecule has 0 heterocycles. The molecule has 0 N–H and O–H groups in total. The van der Waals surface area contributed by atoms with Gasteiger partial charge in [0.2, 0.25) is 0 Å². The second kappa shape index (κ2) is 5.14. The highest BCUT2D eigenvalue weighted by atomic mass is 19.1. The molecule has 0 spiro atoms. The quantitative estimate of drug-likeness (QED) is 0.656. The zero-order chi connectivity index (χ0) is 10.6. The first kappa shape index (κ1) is 11.2. The van der Waals surface area contributed by atoms with Gasteiger partial charge in [0.15, 0.2) is 0 Å². The van der Waals surface area contributed by atoms with Gasteiger partial charge < -0.3 is 0 Å². The van der Waals surface area contributed by atoms with Crippen molar-refractivity contribution < 1.29 is 4.39 Å². The number of benzene rings is 1. The highest BCUT2D eigenvalue weighted by molar-refractivity contribution is 5.27. The van der Waals surface area contributed by atoms with Crippen LogP contribution in [-0.4, -0.2) is 0 Å². The minimum Gasteiger partial charge on any atom is -0.207 e. The Bertz CT molecular complexity index is 280. The normalized spacial score (nSPS) is 23.7. The topological polar surface area (TPSA) is 0 Å². The third kappa shape index (κ3) is 2.34. The molecule has 0 aliphatic heterocycles. The van der Waals surface area contributed by atoms with Crippen molar-refractivity contribution in [2.45, 2.75) is 39.5 Å². The molecule has 1 aromatic carbocycles. The van der Waals surface area contributed by atoms with E-state index in [0.29, 0.717) is 5.92 Å². The Balaban J connectivity index is 0.000000461. The summed E-state index contributed by atoms with van der Waals surface area (Å²) in [7, 11) is 0. The van der Waals surface area contributed by atoms with Crippen LogP contribution >= 0.6 is 0 Å². The first-order valence-corrected chi connectivity index (χ1v) is 5.57. The molecule has 1 aliphatic rings. The number of rotatable bonds is 2. The maximum atomic E-state index is 13.2. The number of hydrogen-bond donors (Lipinski definition) is 0. The summed E-state index contributed by atoms with van der Waals surface area (Å²) in [6, 6.07) is 7.14. The maximum absolute atomic E-state index is 13.2. The van der Waals surface area contributed by atoms with Crippen molar-refractivity contribution in [2.24, 2.45) is 5.92 Å². The molecule has 1 fully saturated rings. The van der Waals surface area contributed by atoms with Crippen LogP contribution in [0.5, 0.6) is 0 Å². The molecule has 78 valence electrons. The third-order valence-electron chi connectivity index (χ3n) is 2.75. The van der Waals surface area contributed by atoms with E-state index in [2.05, 4.69) is 6.92 Å². The monoisotopic (exact) mass is 194 g/mol. The fourth-order valence-corrected chi connectivity index (χ4v) is 1.86. The zero-order valence-electron chi connectivity index (χ0n) is 9.26. The van der Waals surface area contributed by atoms with Crippen molar-refractivity contribution in [3.8, 4) is 0 Å². The Morgan fingerprint density at radius 2 is 1.93 bits per heavy atom. The molecule has 14 heavy (non-hydrogen) atoms. The van der Waals surface area contributed by atoms with Gasteiger partial charge in [-0.25, -0.2) is 4.39 Å². The predicted molar refractivity (Wildman–Crippen MR) is 58.9 cm³/mol. The van der Waals surface area contributed by atoms with Gasteiger partial charge in [-0.2, -0.15) is 0 Å². The van der Waals surface area contributed by atoms with Gasteiger partial charge in [0.1, 0.15) is 5.82 Å². The van der Waals surface area contributed by atoms with E-state index in [4.69, 9.17) is 0 Å². The molecule has 2 unspecified atom stereocenters. The maximum Gasteiger partial charge on any atom is 0.126 e. The first-order chi connectivity index (χ1) is 6.83. The lowest BCUT2D eigenvalue weighted by Crippen LogP contribution is -1.87.